The number of anilines is 2. The minimum absolute atomic E-state index is 0.0842. The van der Waals surface area contributed by atoms with Crippen LogP contribution in [0.25, 0.3) is 0 Å². The Morgan fingerprint density at radius 2 is 1.96 bits per heavy atom. The number of methoxy groups -OCH3 is 2. The van der Waals surface area contributed by atoms with Crippen LogP contribution in [0.3, 0.4) is 0 Å². The van der Waals surface area contributed by atoms with Crippen LogP contribution in [0.15, 0.2) is 36.5 Å². The fourth-order valence-electron chi connectivity index (χ4n) is 2.68. The predicted molar refractivity (Wildman–Crippen MR) is 88.1 cm³/mol. The fraction of sp³-hybridized carbons (Fsp3) is 0.294. The second kappa shape index (κ2) is 6.74. The van der Waals surface area contributed by atoms with Gasteiger partial charge in [-0.15, -0.1) is 0 Å². The third-order valence-electron chi connectivity index (χ3n) is 3.92. The van der Waals surface area contributed by atoms with Gasteiger partial charge in [-0.2, -0.15) is 0 Å². The molecule has 1 aliphatic heterocycles. The molecule has 0 bridgehead atoms. The Morgan fingerprint density at radius 3 is 2.58 bits per heavy atom. The summed E-state index contributed by atoms with van der Waals surface area (Å²) in [4.78, 5) is 18.2. The van der Waals surface area contributed by atoms with Gasteiger partial charge in [0.05, 0.1) is 19.9 Å². The number of halogens is 1. The molecule has 1 atom stereocenters. The summed E-state index contributed by atoms with van der Waals surface area (Å²) in [5.41, 5.74) is 0.682. The third-order valence-corrected chi connectivity index (χ3v) is 3.92. The van der Waals surface area contributed by atoms with Crippen molar-refractivity contribution >= 4 is 17.4 Å². The van der Waals surface area contributed by atoms with E-state index in [2.05, 4.69) is 10.3 Å². The molecule has 6 nitrogen and oxygen atoms in total. The highest BCUT2D eigenvalue weighted by molar-refractivity contribution is 6.01. The molecule has 1 aromatic carbocycles. The van der Waals surface area contributed by atoms with Crippen molar-refractivity contribution < 1.29 is 18.7 Å². The quantitative estimate of drug-likeness (QED) is 0.912. The number of carbonyl (C=O) groups is 1. The van der Waals surface area contributed by atoms with Gasteiger partial charge in [-0.05, 0) is 18.6 Å². The zero-order valence-corrected chi connectivity index (χ0v) is 13.5. The molecular formula is C17H18FN3O3. The van der Waals surface area contributed by atoms with Gasteiger partial charge in [-0.3, -0.25) is 4.79 Å². The summed E-state index contributed by atoms with van der Waals surface area (Å²) in [5, 5.41) is 2.88. The number of ether oxygens (including phenoxy) is 2. The topological polar surface area (TPSA) is 63.7 Å². The second-order valence-corrected chi connectivity index (χ2v) is 5.38. The summed E-state index contributed by atoms with van der Waals surface area (Å²) in [6.07, 6.45) is 2.03. The number of carbonyl (C=O) groups excluding carboxylic acids is 1. The molecule has 0 aliphatic carbocycles. The van der Waals surface area contributed by atoms with Crippen LogP contribution in [-0.2, 0) is 4.79 Å². The predicted octanol–water partition coefficient (Wildman–Crippen LogP) is 2.46. The van der Waals surface area contributed by atoms with E-state index in [1.165, 1.54) is 18.3 Å². The normalized spacial score (nSPS) is 17.0. The van der Waals surface area contributed by atoms with Crippen LogP contribution in [0.2, 0.25) is 0 Å². The van der Waals surface area contributed by atoms with Crippen LogP contribution in [0.1, 0.15) is 6.42 Å². The number of rotatable bonds is 5. The molecule has 0 spiro atoms. The number of amides is 1. The summed E-state index contributed by atoms with van der Waals surface area (Å²) in [6.45, 7) is 0.515. The van der Waals surface area contributed by atoms with Crippen molar-refractivity contribution in [1.82, 2.24) is 4.98 Å². The van der Waals surface area contributed by atoms with Gasteiger partial charge in [0.25, 0.3) is 0 Å². The molecule has 1 aliphatic rings. The Hall–Kier alpha value is -2.83. The van der Waals surface area contributed by atoms with Crippen molar-refractivity contribution in [2.24, 2.45) is 0 Å². The number of hydrogen-bond acceptors (Lipinski definition) is 5. The first-order valence-electron chi connectivity index (χ1n) is 7.54. The minimum atomic E-state index is -0.522. The summed E-state index contributed by atoms with van der Waals surface area (Å²) in [5.74, 6) is 0.664. The van der Waals surface area contributed by atoms with Gasteiger partial charge in [0.2, 0.25) is 5.91 Å². The van der Waals surface area contributed by atoms with E-state index < -0.39 is 11.9 Å². The molecule has 0 unspecified atom stereocenters. The summed E-state index contributed by atoms with van der Waals surface area (Å²) in [7, 11) is 3.11. The minimum Gasteiger partial charge on any atom is -0.497 e. The smallest absolute Gasteiger partial charge is 0.249 e. The van der Waals surface area contributed by atoms with Gasteiger partial charge in [0, 0.05) is 30.9 Å². The van der Waals surface area contributed by atoms with Gasteiger partial charge in [0.1, 0.15) is 17.5 Å². The first kappa shape index (κ1) is 16.0. The molecule has 1 saturated heterocycles. The van der Waals surface area contributed by atoms with E-state index >= 15 is 0 Å². The number of nitrogens with one attached hydrogen (secondary N) is 1. The van der Waals surface area contributed by atoms with Gasteiger partial charge >= 0.3 is 0 Å². The van der Waals surface area contributed by atoms with Gasteiger partial charge in [-0.1, -0.05) is 0 Å². The van der Waals surface area contributed by atoms with Crippen molar-refractivity contribution in [1.29, 1.82) is 0 Å². The number of nitrogens with zero attached hydrogens (tertiary/aromatic N) is 2. The van der Waals surface area contributed by atoms with Gasteiger partial charge in [-0.25, -0.2) is 9.37 Å². The van der Waals surface area contributed by atoms with Crippen molar-refractivity contribution in [2.75, 3.05) is 31.0 Å². The average molecular weight is 331 g/mol. The Labute approximate surface area is 139 Å². The SMILES string of the molecule is COc1cc(OC)cc(N2CC[C@@H](Nc3ncccc3F)C2=O)c1. The molecule has 0 radical (unpaired) electrons. The highest BCUT2D eigenvalue weighted by Gasteiger charge is 2.33. The molecule has 1 aromatic heterocycles. The summed E-state index contributed by atoms with van der Waals surface area (Å²) >= 11 is 0. The third kappa shape index (κ3) is 3.10. The number of aromatic nitrogens is 1. The van der Waals surface area contributed by atoms with Crippen molar-refractivity contribution in [3.05, 3.63) is 42.3 Å². The first-order chi connectivity index (χ1) is 11.6. The van der Waals surface area contributed by atoms with Crippen LogP contribution in [-0.4, -0.2) is 37.7 Å². The van der Waals surface area contributed by atoms with Crippen LogP contribution < -0.4 is 19.7 Å². The Bertz CT molecular complexity index is 731. The highest BCUT2D eigenvalue weighted by atomic mass is 19.1. The summed E-state index contributed by atoms with van der Waals surface area (Å²) in [6, 6.07) is 7.56. The standard InChI is InChI=1S/C17H18FN3O3/c1-23-12-8-11(9-13(10-12)24-2)21-7-5-15(17(21)22)20-16-14(18)4-3-6-19-16/h3-4,6,8-10,15H,5,7H2,1-2H3,(H,19,20)/t15-/m1/s1. The maximum atomic E-state index is 13.7. The largest absolute Gasteiger partial charge is 0.497 e. The molecule has 0 saturated carbocycles. The van der Waals surface area contributed by atoms with Crippen LogP contribution >= 0.6 is 0 Å². The lowest BCUT2D eigenvalue weighted by atomic mass is 10.2. The maximum Gasteiger partial charge on any atom is 0.249 e. The lowest BCUT2D eigenvalue weighted by Crippen LogP contribution is -2.33. The van der Waals surface area contributed by atoms with Crippen LogP contribution in [0.5, 0.6) is 11.5 Å². The molecule has 24 heavy (non-hydrogen) atoms. The molecule has 1 fully saturated rings. The number of benzene rings is 1. The number of pyridine rings is 1. The van der Waals surface area contributed by atoms with Crippen molar-refractivity contribution in [3.63, 3.8) is 0 Å². The molecule has 7 heteroatoms. The monoisotopic (exact) mass is 331 g/mol. The molecule has 3 rings (SSSR count). The zero-order chi connectivity index (χ0) is 17.1. The van der Waals surface area contributed by atoms with Gasteiger partial charge < -0.3 is 19.7 Å². The Morgan fingerprint density at radius 1 is 1.25 bits per heavy atom. The van der Waals surface area contributed by atoms with E-state index in [0.29, 0.717) is 30.2 Å². The average Bonchev–Trinajstić information content (AvgIpc) is 2.97. The van der Waals surface area contributed by atoms with Crippen molar-refractivity contribution in [3.8, 4) is 11.5 Å². The van der Waals surface area contributed by atoms with E-state index in [4.69, 9.17) is 9.47 Å². The lowest BCUT2D eigenvalue weighted by Gasteiger charge is -2.19. The number of hydrogen-bond donors (Lipinski definition) is 1. The van der Waals surface area contributed by atoms with E-state index in [1.807, 2.05) is 0 Å². The molecule has 126 valence electrons. The maximum absolute atomic E-state index is 13.7. The molecule has 1 N–H and O–H groups in total. The Balaban J connectivity index is 1.80. The zero-order valence-electron chi connectivity index (χ0n) is 13.5. The highest BCUT2D eigenvalue weighted by Crippen LogP contribution is 2.31. The second-order valence-electron chi connectivity index (χ2n) is 5.38. The Kier molecular flexibility index (Phi) is 4.50. The van der Waals surface area contributed by atoms with Crippen LogP contribution in [0.4, 0.5) is 15.9 Å². The van der Waals surface area contributed by atoms with E-state index in [9.17, 15) is 9.18 Å². The lowest BCUT2D eigenvalue weighted by molar-refractivity contribution is -0.117. The van der Waals surface area contributed by atoms with Crippen LogP contribution in [0, 0.1) is 5.82 Å². The molecule has 2 heterocycles. The fourth-order valence-corrected chi connectivity index (χ4v) is 2.68. The van der Waals surface area contributed by atoms with Crippen molar-refractivity contribution in [2.45, 2.75) is 12.5 Å². The first-order valence-corrected chi connectivity index (χ1v) is 7.54. The van der Waals surface area contributed by atoms with E-state index in [1.54, 1.807) is 37.3 Å². The molecular weight excluding hydrogens is 313 g/mol. The van der Waals surface area contributed by atoms with Gasteiger partial charge in [0.15, 0.2) is 11.6 Å². The summed E-state index contributed by atoms with van der Waals surface area (Å²) < 4.78 is 24.2. The van der Waals surface area contributed by atoms with E-state index in [-0.39, 0.29) is 11.7 Å². The van der Waals surface area contributed by atoms with E-state index in [0.717, 1.165) is 0 Å². The molecule has 2 aromatic rings. The molecule has 1 amide bonds.